The van der Waals surface area contributed by atoms with Crippen molar-refractivity contribution >= 4 is 0 Å². The van der Waals surface area contributed by atoms with Crippen LogP contribution in [0.1, 0.15) is 98.8 Å². The van der Waals surface area contributed by atoms with Crippen molar-refractivity contribution in [1.29, 1.82) is 0 Å². The molecule has 0 heteroatoms. The molecular weight excluding hydrogens is 252 g/mol. The topological polar surface area (TPSA) is 0 Å². The maximum atomic E-state index is 2.45. The van der Waals surface area contributed by atoms with Gasteiger partial charge < -0.3 is 0 Å². The zero-order valence-corrected chi connectivity index (χ0v) is 15.3. The summed E-state index contributed by atoms with van der Waals surface area (Å²) in [6.45, 7) is 11.2. The lowest BCUT2D eigenvalue weighted by atomic mass is 10.0. The van der Waals surface area contributed by atoms with Crippen LogP contribution in [-0.4, -0.2) is 0 Å². The number of hydrogen-bond donors (Lipinski definition) is 0. The van der Waals surface area contributed by atoms with Crippen LogP contribution in [-0.2, 0) is 0 Å². The summed E-state index contributed by atoms with van der Waals surface area (Å²) in [4.78, 5) is 0. The predicted octanol–water partition coefficient (Wildman–Crippen LogP) is 7.77. The quantitative estimate of drug-likeness (QED) is 0.254. The van der Waals surface area contributed by atoms with Gasteiger partial charge in [0.2, 0.25) is 0 Å². The van der Waals surface area contributed by atoms with E-state index in [9.17, 15) is 0 Å². The van der Waals surface area contributed by atoms with E-state index in [0.717, 1.165) is 0 Å². The fraction of sp³-hybridized carbons (Fsp3) is 0.714. The molecule has 0 saturated heterocycles. The Bertz CT molecular complexity index is 328. The van der Waals surface area contributed by atoms with E-state index in [-0.39, 0.29) is 0 Å². The van der Waals surface area contributed by atoms with Crippen molar-refractivity contribution in [3.8, 4) is 0 Å². The van der Waals surface area contributed by atoms with Gasteiger partial charge in [0.25, 0.3) is 0 Å². The van der Waals surface area contributed by atoms with Crippen LogP contribution in [0, 0.1) is 0 Å². The molecule has 0 aromatic carbocycles. The van der Waals surface area contributed by atoms with Crippen molar-refractivity contribution in [2.45, 2.75) is 98.8 Å². The SMILES string of the molecule is C/C=C(\C)CC/C=C(\C)CC/C=C(\C)CCCCCCC. The van der Waals surface area contributed by atoms with E-state index in [4.69, 9.17) is 0 Å². The van der Waals surface area contributed by atoms with Crippen LogP contribution in [0.25, 0.3) is 0 Å². The van der Waals surface area contributed by atoms with Crippen molar-refractivity contribution in [3.05, 3.63) is 34.9 Å². The van der Waals surface area contributed by atoms with Crippen LogP contribution >= 0.6 is 0 Å². The van der Waals surface area contributed by atoms with Gasteiger partial charge in [0, 0.05) is 0 Å². The molecule has 0 amide bonds. The molecule has 0 bridgehead atoms. The van der Waals surface area contributed by atoms with Crippen molar-refractivity contribution < 1.29 is 0 Å². The van der Waals surface area contributed by atoms with Gasteiger partial charge in [-0.05, 0) is 66.2 Å². The van der Waals surface area contributed by atoms with Crippen LogP contribution in [0.15, 0.2) is 34.9 Å². The zero-order chi connectivity index (χ0) is 15.9. The Morgan fingerprint density at radius 1 is 0.667 bits per heavy atom. The minimum Gasteiger partial charge on any atom is -0.0887 e. The van der Waals surface area contributed by atoms with E-state index < -0.39 is 0 Å². The van der Waals surface area contributed by atoms with Crippen LogP contribution < -0.4 is 0 Å². The van der Waals surface area contributed by atoms with Crippen LogP contribution in [0.2, 0.25) is 0 Å². The minimum absolute atomic E-state index is 1.20. The van der Waals surface area contributed by atoms with Gasteiger partial charge in [-0.2, -0.15) is 0 Å². The molecule has 0 aliphatic heterocycles. The third-order valence-corrected chi connectivity index (χ3v) is 4.23. The Hall–Kier alpha value is -0.780. The molecule has 122 valence electrons. The first-order valence-corrected chi connectivity index (χ1v) is 9.03. The van der Waals surface area contributed by atoms with Gasteiger partial charge in [-0.3, -0.25) is 0 Å². The summed E-state index contributed by atoms with van der Waals surface area (Å²) >= 11 is 0. The highest BCUT2D eigenvalue weighted by molar-refractivity contribution is 5.05. The predicted molar refractivity (Wildman–Crippen MR) is 98.8 cm³/mol. The largest absolute Gasteiger partial charge is 0.0887 e. The molecule has 0 fully saturated rings. The van der Waals surface area contributed by atoms with Gasteiger partial charge in [-0.15, -0.1) is 0 Å². The highest BCUT2D eigenvalue weighted by Gasteiger charge is 1.94. The molecule has 0 aromatic heterocycles. The molecular formula is C21H38. The number of allylic oxidation sites excluding steroid dienone is 6. The molecule has 0 atom stereocenters. The van der Waals surface area contributed by atoms with E-state index in [1.54, 1.807) is 11.1 Å². The second-order valence-corrected chi connectivity index (χ2v) is 6.48. The first-order valence-electron chi connectivity index (χ1n) is 9.03. The summed E-state index contributed by atoms with van der Waals surface area (Å²) in [6.07, 6.45) is 20.2. The van der Waals surface area contributed by atoms with Gasteiger partial charge >= 0.3 is 0 Å². The number of hydrogen-bond acceptors (Lipinski definition) is 0. The Kier molecular flexibility index (Phi) is 13.6. The average molecular weight is 291 g/mol. The highest BCUT2D eigenvalue weighted by atomic mass is 14.0. The molecule has 0 heterocycles. The lowest BCUT2D eigenvalue weighted by molar-refractivity contribution is 0.630. The summed E-state index contributed by atoms with van der Waals surface area (Å²) in [6, 6.07) is 0. The Labute approximate surface area is 134 Å². The second kappa shape index (κ2) is 14.2. The van der Waals surface area contributed by atoms with Gasteiger partial charge in [0.15, 0.2) is 0 Å². The molecule has 0 radical (unpaired) electrons. The standard InChI is InChI=1S/C21H38/c1-6-8-9-10-11-14-20(4)17-13-18-21(5)16-12-15-19(3)7-2/h7,16-17H,6,8-15,18H2,1-5H3/b19-7+,20-17+,21-16+. The summed E-state index contributed by atoms with van der Waals surface area (Å²) in [5.41, 5.74) is 4.63. The van der Waals surface area contributed by atoms with Gasteiger partial charge in [-0.25, -0.2) is 0 Å². The molecule has 21 heavy (non-hydrogen) atoms. The maximum absolute atomic E-state index is 2.45. The Balaban J connectivity index is 3.73. The van der Waals surface area contributed by atoms with E-state index in [2.05, 4.69) is 52.8 Å². The van der Waals surface area contributed by atoms with Crippen molar-refractivity contribution in [3.63, 3.8) is 0 Å². The Morgan fingerprint density at radius 2 is 1.19 bits per heavy atom. The van der Waals surface area contributed by atoms with Crippen molar-refractivity contribution in [1.82, 2.24) is 0 Å². The van der Waals surface area contributed by atoms with Gasteiger partial charge in [0.05, 0.1) is 0 Å². The number of unbranched alkanes of at least 4 members (excludes halogenated alkanes) is 4. The summed E-state index contributed by atoms with van der Waals surface area (Å²) in [7, 11) is 0. The highest BCUT2D eigenvalue weighted by Crippen LogP contribution is 2.14. The fourth-order valence-electron chi connectivity index (χ4n) is 2.45. The third-order valence-electron chi connectivity index (χ3n) is 4.23. The molecule has 0 aromatic rings. The normalized spacial score (nSPS) is 13.9. The molecule has 0 saturated carbocycles. The second-order valence-electron chi connectivity index (χ2n) is 6.48. The lowest BCUT2D eigenvalue weighted by Gasteiger charge is -2.03. The molecule has 0 nitrogen and oxygen atoms in total. The summed E-state index contributed by atoms with van der Waals surface area (Å²) < 4.78 is 0. The van der Waals surface area contributed by atoms with Crippen LogP contribution in [0.3, 0.4) is 0 Å². The summed E-state index contributed by atoms with van der Waals surface area (Å²) in [5.74, 6) is 0. The molecule has 0 aliphatic carbocycles. The maximum Gasteiger partial charge on any atom is -0.0288 e. The van der Waals surface area contributed by atoms with Crippen LogP contribution in [0.4, 0.5) is 0 Å². The minimum atomic E-state index is 1.20. The first kappa shape index (κ1) is 20.2. The number of rotatable bonds is 12. The van der Waals surface area contributed by atoms with Crippen LogP contribution in [0.5, 0.6) is 0 Å². The molecule has 0 unspecified atom stereocenters. The molecule has 0 aliphatic rings. The molecule has 0 spiro atoms. The van der Waals surface area contributed by atoms with E-state index >= 15 is 0 Å². The first-order chi connectivity index (χ1) is 10.1. The lowest BCUT2D eigenvalue weighted by Crippen LogP contribution is -1.83. The van der Waals surface area contributed by atoms with E-state index in [1.165, 1.54) is 69.8 Å². The van der Waals surface area contributed by atoms with E-state index in [1.807, 2.05) is 0 Å². The summed E-state index contributed by atoms with van der Waals surface area (Å²) in [5, 5.41) is 0. The monoisotopic (exact) mass is 290 g/mol. The zero-order valence-electron chi connectivity index (χ0n) is 15.3. The molecule has 0 N–H and O–H groups in total. The fourth-order valence-corrected chi connectivity index (χ4v) is 2.45. The van der Waals surface area contributed by atoms with Gasteiger partial charge in [-0.1, -0.05) is 67.6 Å². The average Bonchev–Trinajstić information content (AvgIpc) is 2.46. The Morgan fingerprint density at radius 3 is 1.76 bits per heavy atom. The van der Waals surface area contributed by atoms with Gasteiger partial charge in [0.1, 0.15) is 0 Å². The van der Waals surface area contributed by atoms with E-state index in [0.29, 0.717) is 0 Å². The smallest absolute Gasteiger partial charge is 0.0288 e. The third kappa shape index (κ3) is 13.9. The van der Waals surface area contributed by atoms with Crippen molar-refractivity contribution in [2.24, 2.45) is 0 Å². The van der Waals surface area contributed by atoms with Crippen molar-refractivity contribution in [2.75, 3.05) is 0 Å². The molecule has 0 rings (SSSR count).